The third kappa shape index (κ3) is 6.94. The van der Waals surface area contributed by atoms with Crippen molar-refractivity contribution in [3.63, 3.8) is 0 Å². The molecule has 0 saturated carbocycles. The Bertz CT molecular complexity index is 666. The molecule has 1 aromatic heterocycles. The molecule has 140 valence electrons. The number of nitrogens with two attached hydrogens (primary N) is 1. The van der Waals surface area contributed by atoms with E-state index in [-0.39, 0.29) is 36.1 Å². The minimum atomic E-state index is -0.628. The highest BCUT2D eigenvalue weighted by Crippen LogP contribution is 2.23. The topological polar surface area (TPSA) is 68.0 Å². The molecule has 0 aliphatic carbocycles. The Hall–Kier alpha value is -1.14. The number of nitrogens with zero attached hydrogens (tertiary/aromatic N) is 1. The fourth-order valence-electron chi connectivity index (χ4n) is 2.10. The molecule has 4 nitrogen and oxygen atoms in total. The molecule has 0 fully saturated rings. The minimum absolute atomic E-state index is 0. The summed E-state index contributed by atoms with van der Waals surface area (Å²) in [7, 11) is 0. The molecule has 1 aromatic carbocycles. The first-order valence-corrected chi connectivity index (χ1v) is 8.70. The average molecular weight is 404 g/mol. The molecule has 0 spiro atoms. The molecular formula is C18H27Cl2N3OS. The van der Waals surface area contributed by atoms with E-state index >= 15 is 0 Å². The molecular weight excluding hydrogens is 377 g/mol. The molecule has 0 aliphatic rings. The predicted octanol–water partition coefficient (Wildman–Crippen LogP) is 3.95. The summed E-state index contributed by atoms with van der Waals surface area (Å²) in [6.45, 7) is 9.00. The van der Waals surface area contributed by atoms with Gasteiger partial charge in [-0.25, -0.2) is 4.98 Å². The van der Waals surface area contributed by atoms with Crippen molar-refractivity contribution in [2.24, 2.45) is 5.73 Å². The summed E-state index contributed by atoms with van der Waals surface area (Å²) in [6, 6.07) is 7.10. The monoisotopic (exact) mass is 403 g/mol. The predicted molar refractivity (Wildman–Crippen MR) is 110 cm³/mol. The van der Waals surface area contributed by atoms with Gasteiger partial charge < -0.3 is 11.1 Å². The van der Waals surface area contributed by atoms with Crippen molar-refractivity contribution in [3.05, 3.63) is 51.5 Å². The van der Waals surface area contributed by atoms with Crippen LogP contribution in [0.2, 0.25) is 0 Å². The lowest BCUT2D eigenvalue weighted by atomic mass is 9.93. The van der Waals surface area contributed by atoms with Crippen LogP contribution in [0.3, 0.4) is 0 Å². The number of thiazole rings is 1. The van der Waals surface area contributed by atoms with E-state index in [4.69, 9.17) is 5.73 Å². The van der Waals surface area contributed by atoms with Gasteiger partial charge in [0.25, 0.3) is 0 Å². The Morgan fingerprint density at radius 2 is 1.84 bits per heavy atom. The van der Waals surface area contributed by atoms with Gasteiger partial charge in [0.1, 0.15) is 6.04 Å². The lowest BCUT2D eigenvalue weighted by Crippen LogP contribution is -2.35. The van der Waals surface area contributed by atoms with Gasteiger partial charge in [0.15, 0.2) is 0 Å². The van der Waals surface area contributed by atoms with Gasteiger partial charge in [-0.2, -0.15) is 0 Å². The number of amides is 1. The normalized spacial score (nSPS) is 11.9. The smallest absolute Gasteiger partial charge is 0.241 e. The largest absolute Gasteiger partial charge is 0.354 e. The summed E-state index contributed by atoms with van der Waals surface area (Å²) in [5, 5.41) is 6.03. The van der Waals surface area contributed by atoms with E-state index in [0.717, 1.165) is 28.2 Å². The summed E-state index contributed by atoms with van der Waals surface area (Å²) >= 11 is 1.64. The van der Waals surface area contributed by atoms with Crippen molar-refractivity contribution < 1.29 is 4.79 Å². The molecule has 0 saturated heterocycles. The molecule has 3 N–H and O–H groups in total. The number of hydrogen-bond acceptors (Lipinski definition) is 4. The minimum Gasteiger partial charge on any atom is -0.354 e. The average Bonchev–Trinajstić information content (AvgIpc) is 2.96. The standard InChI is InChI=1S/C18H25N3OS.2ClH/c1-12-5-7-13(8-6-12)16(19)17(22)20-10-9-15-21-14(11-23-15)18(2,3)4;;/h5-8,11,16H,9-10,19H2,1-4H3,(H,20,22);2*1H. The zero-order valence-electron chi connectivity index (χ0n) is 15.0. The lowest BCUT2D eigenvalue weighted by molar-refractivity contribution is -0.122. The van der Waals surface area contributed by atoms with E-state index in [1.54, 1.807) is 11.3 Å². The number of rotatable bonds is 5. The van der Waals surface area contributed by atoms with Crippen molar-refractivity contribution in [1.29, 1.82) is 0 Å². The molecule has 0 radical (unpaired) electrons. The van der Waals surface area contributed by atoms with E-state index in [2.05, 4.69) is 36.5 Å². The van der Waals surface area contributed by atoms with Crippen LogP contribution in [-0.2, 0) is 16.6 Å². The van der Waals surface area contributed by atoms with Gasteiger partial charge in [0.05, 0.1) is 10.7 Å². The molecule has 1 unspecified atom stereocenters. The second-order valence-corrected chi connectivity index (χ2v) is 7.75. The van der Waals surface area contributed by atoms with Crippen LogP contribution in [0.25, 0.3) is 0 Å². The molecule has 0 bridgehead atoms. The second kappa shape index (κ2) is 10.1. The SMILES string of the molecule is Cc1ccc(C(N)C(=O)NCCc2nc(C(C)(C)C)cs2)cc1.Cl.Cl. The molecule has 7 heteroatoms. The highest BCUT2D eigenvalue weighted by atomic mass is 35.5. The molecule has 25 heavy (non-hydrogen) atoms. The first-order chi connectivity index (χ1) is 10.8. The number of halogens is 2. The van der Waals surface area contributed by atoms with Crippen molar-refractivity contribution in [2.75, 3.05) is 6.54 Å². The highest BCUT2D eigenvalue weighted by Gasteiger charge is 2.18. The maximum absolute atomic E-state index is 12.1. The van der Waals surface area contributed by atoms with Crippen molar-refractivity contribution in [1.82, 2.24) is 10.3 Å². The Morgan fingerprint density at radius 1 is 1.24 bits per heavy atom. The summed E-state index contributed by atoms with van der Waals surface area (Å²) in [5.41, 5.74) is 9.15. The Balaban J connectivity index is 0.00000288. The van der Waals surface area contributed by atoms with Crippen LogP contribution in [0.4, 0.5) is 0 Å². The summed E-state index contributed by atoms with van der Waals surface area (Å²) in [6.07, 6.45) is 0.729. The summed E-state index contributed by atoms with van der Waals surface area (Å²) in [4.78, 5) is 16.8. The number of carbonyl (C=O) groups is 1. The number of aryl methyl sites for hydroxylation is 1. The maximum Gasteiger partial charge on any atom is 0.241 e. The Morgan fingerprint density at radius 3 is 2.36 bits per heavy atom. The van der Waals surface area contributed by atoms with Crippen LogP contribution in [0, 0.1) is 6.92 Å². The third-order valence-corrected chi connectivity index (χ3v) is 4.59. The van der Waals surface area contributed by atoms with Crippen LogP contribution in [0.5, 0.6) is 0 Å². The van der Waals surface area contributed by atoms with E-state index in [0.29, 0.717) is 6.54 Å². The number of nitrogens with one attached hydrogen (secondary N) is 1. The number of carbonyl (C=O) groups excluding carboxylic acids is 1. The molecule has 2 rings (SSSR count). The zero-order valence-corrected chi connectivity index (χ0v) is 17.5. The summed E-state index contributed by atoms with van der Waals surface area (Å²) < 4.78 is 0. The fourth-order valence-corrected chi connectivity index (χ4v) is 3.12. The van der Waals surface area contributed by atoms with E-state index < -0.39 is 6.04 Å². The maximum atomic E-state index is 12.1. The van der Waals surface area contributed by atoms with Gasteiger partial charge in [-0.15, -0.1) is 36.2 Å². The number of aromatic nitrogens is 1. The summed E-state index contributed by atoms with van der Waals surface area (Å²) in [5.74, 6) is -0.151. The molecule has 2 aromatic rings. The quantitative estimate of drug-likeness (QED) is 0.793. The number of benzene rings is 1. The van der Waals surface area contributed by atoms with Gasteiger partial charge in [-0.3, -0.25) is 4.79 Å². The van der Waals surface area contributed by atoms with Crippen molar-refractivity contribution in [3.8, 4) is 0 Å². The van der Waals surface area contributed by atoms with Crippen LogP contribution < -0.4 is 11.1 Å². The van der Waals surface area contributed by atoms with Crippen LogP contribution in [0.1, 0.15) is 48.6 Å². The molecule has 1 amide bonds. The van der Waals surface area contributed by atoms with E-state index in [1.165, 1.54) is 0 Å². The van der Waals surface area contributed by atoms with Crippen LogP contribution in [-0.4, -0.2) is 17.4 Å². The molecule has 1 atom stereocenters. The van der Waals surface area contributed by atoms with E-state index in [1.807, 2.05) is 31.2 Å². The third-order valence-electron chi connectivity index (χ3n) is 3.68. The first-order valence-electron chi connectivity index (χ1n) is 7.82. The Kier molecular flexibility index (Phi) is 9.66. The van der Waals surface area contributed by atoms with Crippen LogP contribution in [0.15, 0.2) is 29.6 Å². The van der Waals surface area contributed by atoms with Gasteiger partial charge in [-0.05, 0) is 12.5 Å². The van der Waals surface area contributed by atoms with Gasteiger partial charge in [-0.1, -0.05) is 50.6 Å². The van der Waals surface area contributed by atoms with Crippen molar-refractivity contribution >= 4 is 42.1 Å². The first kappa shape index (κ1) is 23.9. The lowest BCUT2D eigenvalue weighted by Gasteiger charge is -2.14. The van der Waals surface area contributed by atoms with Crippen molar-refractivity contribution in [2.45, 2.75) is 45.6 Å². The highest BCUT2D eigenvalue weighted by molar-refractivity contribution is 7.09. The van der Waals surface area contributed by atoms with E-state index in [9.17, 15) is 4.79 Å². The Labute approximate surface area is 166 Å². The number of hydrogen-bond donors (Lipinski definition) is 2. The van der Waals surface area contributed by atoms with Crippen LogP contribution >= 0.6 is 36.2 Å². The molecule has 1 heterocycles. The fraction of sp³-hybridized carbons (Fsp3) is 0.444. The van der Waals surface area contributed by atoms with Gasteiger partial charge >= 0.3 is 0 Å². The molecule has 0 aliphatic heterocycles. The van der Waals surface area contributed by atoms with Gasteiger partial charge in [0, 0.05) is 23.8 Å². The van der Waals surface area contributed by atoms with Gasteiger partial charge in [0.2, 0.25) is 5.91 Å². The zero-order chi connectivity index (χ0) is 17.0. The second-order valence-electron chi connectivity index (χ2n) is 6.81.